The maximum absolute atomic E-state index is 12.7. The largest absolute Gasteiger partial charge is 0.342 e. The molecule has 1 amide bonds. The second kappa shape index (κ2) is 8.27. The summed E-state index contributed by atoms with van der Waals surface area (Å²) in [6.07, 6.45) is 11.2. The van der Waals surface area contributed by atoms with E-state index in [0.717, 1.165) is 51.0 Å². The highest BCUT2D eigenvalue weighted by atomic mass is 16.2. The Hall–Kier alpha value is -0.900. The summed E-state index contributed by atoms with van der Waals surface area (Å²) in [6, 6.07) is 0. The van der Waals surface area contributed by atoms with E-state index in [2.05, 4.69) is 9.80 Å². The predicted molar refractivity (Wildman–Crippen MR) is 91.1 cm³/mol. The quantitative estimate of drug-likeness (QED) is 0.748. The standard InChI is InChI=1S/C19H32N2O2/c22-15-17-4-6-18(7-5-17)19(23)21-12-8-16(9-13-21)14-20-10-2-1-3-11-20/h15-18H,1-14H2. The van der Waals surface area contributed by atoms with Gasteiger partial charge in [0.05, 0.1) is 0 Å². The van der Waals surface area contributed by atoms with Crippen LogP contribution < -0.4 is 0 Å². The van der Waals surface area contributed by atoms with Crippen molar-refractivity contribution in [3.8, 4) is 0 Å². The molecule has 0 atom stereocenters. The topological polar surface area (TPSA) is 40.6 Å². The second-order valence-corrected chi connectivity index (χ2v) is 7.88. The summed E-state index contributed by atoms with van der Waals surface area (Å²) in [7, 11) is 0. The van der Waals surface area contributed by atoms with Gasteiger partial charge in [-0.05, 0) is 70.4 Å². The van der Waals surface area contributed by atoms with Crippen molar-refractivity contribution in [2.24, 2.45) is 17.8 Å². The highest BCUT2D eigenvalue weighted by Gasteiger charge is 2.31. The van der Waals surface area contributed by atoms with Crippen LogP contribution in [-0.2, 0) is 9.59 Å². The van der Waals surface area contributed by atoms with Crippen molar-refractivity contribution in [2.75, 3.05) is 32.7 Å². The number of nitrogens with zero attached hydrogens (tertiary/aromatic N) is 2. The molecule has 1 aliphatic carbocycles. The van der Waals surface area contributed by atoms with Gasteiger partial charge in [-0.25, -0.2) is 0 Å². The van der Waals surface area contributed by atoms with Gasteiger partial charge in [0.25, 0.3) is 0 Å². The van der Waals surface area contributed by atoms with Crippen LogP contribution in [0.4, 0.5) is 0 Å². The third-order valence-corrected chi connectivity index (χ3v) is 6.20. The third-order valence-electron chi connectivity index (χ3n) is 6.20. The normalized spacial score (nSPS) is 31.0. The van der Waals surface area contributed by atoms with E-state index >= 15 is 0 Å². The Morgan fingerprint density at radius 2 is 1.52 bits per heavy atom. The molecule has 3 fully saturated rings. The van der Waals surface area contributed by atoms with Crippen molar-refractivity contribution in [1.29, 1.82) is 0 Å². The Balaban J connectivity index is 1.39. The molecule has 0 N–H and O–H groups in total. The van der Waals surface area contributed by atoms with E-state index in [-0.39, 0.29) is 11.8 Å². The summed E-state index contributed by atoms with van der Waals surface area (Å²) >= 11 is 0. The molecule has 0 aromatic carbocycles. The number of carbonyl (C=O) groups is 2. The van der Waals surface area contributed by atoms with Gasteiger partial charge in [-0.15, -0.1) is 0 Å². The highest BCUT2D eigenvalue weighted by Crippen LogP contribution is 2.30. The maximum Gasteiger partial charge on any atom is 0.225 e. The van der Waals surface area contributed by atoms with Gasteiger partial charge < -0.3 is 14.6 Å². The molecule has 2 heterocycles. The Morgan fingerprint density at radius 1 is 0.870 bits per heavy atom. The van der Waals surface area contributed by atoms with E-state index in [0.29, 0.717) is 5.91 Å². The summed E-state index contributed by atoms with van der Waals surface area (Å²) in [4.78, 5) is 28.3. The lowest BCUT2D eigenvalue weighted by atomic mass is 9.81. The molecule has 1 saturated carbocycles. The van der Waals surface area contributed by atoms with Crippen molar-refractivity contribution >= 4 is 12.2 Å². The van der Waals surface area contributed by atoms with Crippen molar-refractivity contribution in [3.05, 3.63) is 0 Å². The molecule has 4 heteroatoms. The summed E-state index contributed by atoms with van der Waals surface area (Å²) in [6.45, 7) is 5.70. The van der Waals surface area contributed by atoms with E-state index in [9.17, 15) is 9.59 Å². The molecule has 23 heavy (non-hydrogen) atoms. The minimum atomic E-state index is 0.185. The Labute approximate surface area is 140 Å². The number of amides is 1. The number of carbonyl (C=O) groups excluding carboxylic acids is 2. The zero-order chi connectivity index (χ0) is 16.1. The van der Waals surface area contributed by atoms with Gasteiger partial charge in [-0.1, -0.05) is 6.42 Å². The van der Waals surface area contributed by atoms with E-state index in [4.69, 9.17) is 0 Å². The van der Waals surface area contributed by atoms with Crippen LogP contribution in [0.25, 0.3) is 0 Å². The molecule has 130 valence electrons. The van der Waals surface area contributed by atoms with Gasteiger partial charge in [0, 0.05) is 31.5 Å². The van der Waals surface area contributed by atoms with Gasteiger partial charge >= 0.3 is 0 Å². The number of likely N-dealkylation sites (tertiary alicyclic amines) is 2. The molecule has 0 radical (unpaired) electrons. The smallest absolute Gasteiger partial charge is 0.225 e. The van der Waals surface area contributed by atoms with Crippen LogP contribution in [0.15, 0.2) is 0 Å². The van der Waals surface area contributed by atoms with E-state index in [1.807, 2.05) is 0 Å². The predicted octanol–water partition coefficient (Wildman–Crippen LogP) is 2.72. The first-order valence-electron chi connectivity index (χ1n) is 9.72. The van der Waals surface area contributed by atoms with Crippen LogP contribution in [-0.4, -0.2) is 54.7 Å². The number of rotatable bonds is 4. The first-order valence-corrected chi connectivity index (χ1v) is 9.72. The minimum absolute atomic E-state index is 0.185. The van der Waals surface area contributed by atoms with Crippen molar-refractivity contribution < 1.29 is 9.59 Å². The molecule has 4 nitrogen and oxygen atoms in total. The van der Waals surface area contributed by atoms with Crippen LogP contribution >= 0.6 is 0 Å². The van der Waals surface area contributed by atoms with Crippen LogP contribution in [0.2, 0.25) is 0 Å². The fourth-order valence-electron chi connectivity index (χ4n) is 4.60. The summed E-state index contributed by atoms with van der Waals surface area (Å²) in [5.41, 5.74) is 0. The number of hydrogen-bond donors (Lipinski definition) is 0. The Bertz CT molecular complexity index is 390. The van der Waals surface area contributed by atoms with E-state index < -0.39 is 0 Å². The fourth-order valence-corrected chi connectivity index (χ4v) is 4.60. The second-order valence-electron chi connectivity index (χ2n) is 7.88. The van der Waals surface area contributed by atoms with E-state index in [1.54, 1.807) is 0 Å². The van der Waals surface area contributed by atoms with Gasteiger partial charge in [0.2, 0.25) is 5.91 Å². The molecule has 3 aliphatic rings. The molecule has 2 aliphatic heterocycles. The van der Waals surface area contributed by atoms with Gasteiger partial charge in [-0.2, -0.15) is 0 Å². The molecular weight excluding hydrogens is 288 g/mol. The SMILES string of the molecule is O=CC1CCC(C(=O)N2CCC(CN3CCCCC3)CC2)CC1. The zero-order valence-electron chi connectivity index (χ0n) is 14.4. The Kier molecular flexibility index (Phi) is 6.09. The molecule has 2 saturated heterocycles. The molecule has 0 bridgehead atoms. The summed E-state index contributed by atoms with van der Waals surface area (Å²) in [5.74, 6) is 1.54. The number of piperidine rings is 2. The molecular formula is C19H32N2O2. The minimum Gasteiger partial charge on any atom is -0.342 e. The molecule has 3 rings (SSSR count). The average molecular weight is 320 g/mol. The lowest BCUT2D eigenvalue weighted by Crippen LogP contribution is -2.45. The number of aldehydes is 1. The summed E-state index contributed by atoms with van der Waals surface area (Å²) < 4.78 is 0. The van der Waals surface area contributed by atoms with Crippen LogP contribution in [0.5, 0.6) is 0 Å². The van der Waals surface area contributed by atoms with Crippen molar-refractivity contribution in [3.63, 3.8) is 0 Å². The monoisotopic (exact) mass is 320 g/mol. The lowest BCUT2D eigenvalue weighted by molar-refractivity contribution is -0.138. The number of hydrogen-bond acceptors (Lipinski definition) is 3. The van der Waals surface area contributed by atoms with Crippen LogP contribution in [0, 0.1) is 17.8 Å². The van der Waals surface area contributed by atoms with E-state index in [1.165, 1.54) is 51.7 Å². The molecule has 0 unspecified atom stereocenters. The Morgan fingerprint density at radius 3 is 2.13 bits per heavy atom. The van der Waals surface area contributed by atoms with Crippen molar-refractivity contribution in [1.82, 2.24) is 9.80 Å². The van der Waals surface area contributed by atoms with Crippen LogP contribution in [0.3, 0.4) is 0 Å². The highest BCUT2D eigenvalue weighted by molar-refractivity contribution is 5.79. The maximum atomic E-state index is 12.7. The van der Waals surface area contributed by atoms with Crippen LogP contribution in [0.1, 0.15) is 57.8 Å². The third kappa shape index (κ3) is 4.56. The zero-order valence-corrected chi connectivity index (χ0v) is 14.4. The first kappa shape index (κ1) is 16.9. The first-order chi connectivity index (χ1) is 11.3. The molecule has 0 aromatic rings. The molecule has 0 aromatic heterocycles. The average Bonchev–Trinajstić information content (AvgIpc) is 2.63. The van der Waals surface area contributed by atoms with Crippen molar-refractivity contribution in [2.45, 2.75) is 57.8 Å². The lowest BCUT2D eigenvalue weighted by Gasteiger charge is -2.38. The van der Waals surface area contributed by atoms with Gasteiger partial charge in [0.1, 0.15) is 6.29 Å². The fraction of sp³-hybridized carbons (Fsp3) is 0.895. The molecule has 0 spiro atoms. The van der Waals surface area contributed by atoms with Gasteiger partial charge in [0.15, 0.2) is 0 Å². The summed E-state index contributed by atoms with van der Waals surface area (Å²) in [5, 5.41) is 0. The van der Waals surface area contributed by atoms with Gasteiger partial charge in [-0.3, -0.25) is 4.79 Å².